The van der Waals surface area contributed by atoms with E-state index in [0.717, 1.165) is 20.6 Å². The Bertz CT molecular complexity index is 573. The van der Waals surface area contributed by atoms with Gasteiger partial charge in [-0.25, -0.2) is 4.39 Å². The van der Waals surface area contributed by atoms with Gasteiger partial charge in [0.15, 0.2) is 0 Å². The minimum atomic E-state index is -0.255. The molecule has 0 aliphatic rings. The van der Waals surface area contributed by atoms with Crippen LogP contribution in [0.4, 0.5) is 4.39 Å². The number of benzene rings is 1. The summed E-state index contributed by atoms with van der Waals surface area (Å²) in [4.78, 5) is 1.12. The largest absolute Gasteiger partial charge is 0.488 e. The van der Waals surface area contributed by atoms with Crippen molar-refractivity contribution in [2.45, 2.75) is 32.4 Å². The van der Waals surface area contributed by atoms with Gasteiger partial charge in [0.2, 0.25) is 0 Å². The van der Waals surface area contributed by atoms with Crippen LogP contribution in [0.5, 0.6) is 5.75 Å². The minimum absolute atomic E-state index is 0.0232. The van der Waals surface area contributed by atoms with Crippen LogP contribution in [-0.2, 0) is 13.0 Å². The first-order valence-corrected chi connectivity index (χ1v) is 8.10. The molecule has 0 saturated carbocycles. The van der Waals surface area contributed by atoms with E-state index < -0.39 is 0 Å². The van der Waals surface area contributed by atoms with Gasteiger partial charge in [0.25, 0.3) is 0 Å². The monoisotopic (exact) mass is 357 g/mol. The second-order valence-corrected chi connectivity index (χ2v) is 7.17. The van der Waals surface area contributed by atoms with Gasteiger partial charge in [0.05, 0.1) is 3.79 Å². The molecule has 0 fully saturated rings. The zero-order valence-corrected chi connectivity index (χ0v) is 13.6. The smallest absolute Gasteiger partial charge is 0.123 e. The lowest BCUT2D eigenvalue weighted by Crippen LogP contribution is -2.21. The molecular formula is C15H17BrFNOS. The quantitative estimate of drug-likeness (QED) is 0.825. The molecule has 1 heterocycles. The van der Waals surface area contributed by atoms with Crippen LogP contribution in [0.2, 0.25) is 0 Å². The first-order chi connectivity index (χ1) is 9.58. The minimum Gasteiger partial charge on any atom is -0.488 e. The van der Waals surface area contributed by atoms with Gasteiger partial charge in [-0.05, 0) is 64.7 Å². The summed E-state index contributed by atoms with van der Waals surface area (Å²) < 4.78 is 20.2. The zero-order valence-electron chi connectivity index (χ0n) is 11.2. The van der Waals surface area contributed by atoms with Crippen LogP contribution in [0.1, 0.15) is 23.8 Å². The van der Waals surface area contributed by atoms with Crippen LogP contribution < -0.4 is 10.5 Å². The Labute approximate surface area is 130 Å². The van der Waals surface area contributed by atoms with Crippen molar-refractivity contribution in [2.24, 2.45) is 5.73 Å². The summed E-state index contributed by atoms with van der Waals surface area (Å²) in [5, 5.41) is 0. The third kappa shape index (κ3) is 4.30. The maximum Gasteiger partial charge on any atom is 0.123 e. The van der Waals surface area contributed by atoms with E-state index in [-0.39, 0.29) is 11.9 Å². The summed E-state index contributed by atoms with van der Waals surface area (Å²) in [5.41, 5.74) is 6.78. The molecule has 2 N–H and O–H groups in total. The number of rotatable bonds is 6. The van der Waals surface area contributed by atoms with Gasteiger partial charge < -0.3 is 10.5 Å². The Morgan fingerprint density at radius 2 is 2.15 bits per heavy atom. The Hall–Kier alpha value is -0.910. The summed E-state index contributed by atoms with van der Waals surface area (Å²) in [6.45, 7) is 2.50. The van der Waals surface area contributed by atoms with Gasteiger partial charge >= 0.3 is 0 Å². The van der Waals surface area contributed by atoms with E-state index in [1.54, 1.807) is 17.4 Å². The van der Waals surface area contributed by atoms with Crippen molar-refractivity contribution in [2.75, 3.05) is 0 Å². The molecule has 1 unspecified atom stereocenters. The van der Waals surface area contributed by atoms with E-state index in [9.17, 15) is 4.39 Å². The van der Waals surface area contributed by atoms with Crippen molar-refractivity contribution in [1.29, 1.82) is 0 Å². The summed E-state index contributed by atoms with van der Waals surface area (Å²) in [7, 11) is 0. The highest BCUT2D eigenvalue weighted by Crippen LogP contribution is 2.26. The van der Waals surface area contributed by atoms with E-state index in [0.29, 0.717) is 18.8 Å². The predicted octanol–water partition coefficient (Wildman–Crippen LogP) is 4.51. The number of halogens is 2. The van der Waals surface area contributed by atoms with Crippen molar-refractivity contribution in [3.05, 3.63) is 50.4 Å². The van der Waals surface area contributed by atoms with Crippen LogP contribution in [0.15, 0.2) is 34.1 Å². The van der Waals surface area contributed by atoms with Gasteiger partial charge in [-0.15, -0.1) is 11.3 Å². The van der Waals surface area contributed by atoms with Gasteiger partial charge in [0.1, 0.15) is 18.2 Å². The van der Waals surface area contributed by atoms with Crippen LogP contribution in [0, 0.1) is 5.82 Å². The number of hydrogen-bond acceptors (Lipinski definition) is 3. The lowest BCUT2D eigenvalue weighted by Gasteiger charge is -2.14. The molecule has 0 saturated heterocycles. The van der Waals surface area contributed by atoms with E-state index in [1.165, 1.54) is 12.1 Å². The first kappa shape index (κ1) is 15.5. The van der Waals surface area contributed by atoms with E-state index >= 15 is 0 Å². The van der Waals surface area contributed by atoms with E-state index in [1.807, 2.05) is 19.1 Å². The molecule has 1 atom stereocenters. The molecule has 5 heteroatoms. The van der Waals surface area contributed by atoms with Crippen LogP contribution in [0.3, 0.4) is 0 Å². The van der Waals surface area contributed by atoms with Gasteiger partial charge in [-0.1, -0.05) is 6.92 Å². The summed E-state index contributed by atoms with van der Waals surface area (Å²) in [5.74, 6) is 0.453. The fraction of sp³-hybridized carbons (Fsp3) is 0.333. The lowest BCUT2D eigenvalue weighted by atomic mass is 10.0. The summed E-state index contributed by atoms with van der Waals surface area (Å²) in [6.07, 6.45) is 1.48. The highest BCUT2D eigenvalue weighted by molar-refractivity contribution is 9.11. The topological polar surface area (TPSA) is 35.2 Å². The Kier molecular flexibility index (Phi) is 5.57. The zero-order chi connectivity index (χ0) is 14.5. The summed E-state index contributed by atoms with van der Waals surface area (Å²) in [6, 6.07) is 8.62. The van der Waals surface area contributed by atoms with E-state index in [4.69, 9.17) is 10.5 Å². The maximum absolute atomic E-state index is 13.4. The van der Waals surface area contributed by atoms with Crippen molar-refractivity contribution in [3.8, 4) is 5.75 Å². The Morgan fingerprint density at radius 1 is 1.35 bits per heavy atom. The molecule has 2 rings (SSSR count). The SMILES string of the molecule is CCC(N)Cc1cc(F)ccc1OCc1ccc(Br)s1. The molecule has 0 radical (unpaired) electrons. The molecule has 1 aromatic carbocycles. The standard InChI is InChI=1S/C15H17BrFNOS/c1-2-12(18)8-10-7-11(17)3-5-14(10)19-9-13-4-6-15(16)20-13/h3-7,12H,2,8-9,18H2,1H3. The lowest BCUT2D eigenvalue weighted by molar-refractivity contribution is 0.305. The molecular weight excluding hydrogens is 341 g/mol. The average molecular weight is 358 g/mol. The fourth-order valence-electron chi connectivity index (χ4n) is 1.85. The van der Waals surface area contributed by atoms with Crippen molar-refractivity contribution in [3.63, 3.8) is 0 Å². The number of thiophene rings is 1. The molecule has 2 aromatic rings. The Morgan fingerprint density at radius 3 is 2.80 bits per heavy atom. The molecule has 0 bridgehead atoms. The summed E-state index contributed by atoms with van der Waals surface area (Å²) >= 11 is 5.05. The van der Waals surface area contributed by atoms with Crippen LogP contribution in [0.25, 0.3) is 0 Å². The molecule has 20 heavy (non-hydrogen) atoms. The Balaban J connectivity index is 2.09. The number of nitrogens with two attached hydrogens (primary N) is 1. The molecule has 108 valence electrons. The van der Waals surface area contributed by atoms with Gasteiger partial charge in [-0.2, -0.15) is 0 Å². The van der Waals surface area contributed by atoms with Gasteiger partial charge in [-0.3, -0.25) is 0 Å². The molecule has 2 nitrogen and oxygen atoms in total. The maximum atomic E-state index is 13.4. The predicted molar refractivity (Wildman–Crippen MR) is 84.7 cm³/mol. The third-order valence-corrected chi connectivity index (χ3v) is 4.62. The average Bonchev–Trinajstić information content (AvgIpc) is 2.83. The normalized spacial score (nSPS) is 12.4. The number of hydrogen-bond donors (Lipinski definition) is 1. The molecule has 1 aromatic heterocycles. The fourth-order valence-corrected chi connectivity index (χ4v) is 3.25. The second-order valence-electron chi connectivity index (χ2n) is 4.62. The van der Waals surface area contributed by atoms with Crippen molar-refractivity contribution in [1.82, 2.24) is 0 Å². The number of ether oxygens (including phenoxy) is 1. The second kappa shape index (κ2) is 7.20. The molecule has 0 aliphatic carbocycles. The van der Waals surface area contributed by atoms with Gasteiger partial charge in [0, 0.05) is 10.9 Å². The van der Waals surface area contributed by atoms with E-state index in [2.05, 4.69) is 15.9 Å². The van der Waals surface area contributed by atoms with Crippen LogP contribution in [-0.4, -0.2) is 6.04 Å². The molecule has 0 amide bonds. The van der Waals surface area contributed by atoms with Crippen LogP contribution >= 0.6 is 27.3 Å². The molecule has 0 spiro atoms. The molecule has 0 aliphatic heterocycles. The first-order valence-electron chi connectivity index (χ1n) is 6.49. The highest BCUT2D eigenvalue weighted by Gasteiger charge is 2.10. The highest BCUT2D eigenvalue weighted by atomic mass is 79.9. The van der Waals surface area contributed by atoms with Crippen molar-refractivity contribution < 1.29 is 9.13 Å². The third-order valence-electron chi connectivity index (χ3n) is 3.03. The van der Waals surface area contributed by atoms with Crippen molar-refractivity contribution >= 4 is 27.3 Å².